The van der Waals surface area contributed by atoms with E-state index in [1.807, 2.05) is 6.07 Å². The van der Waals surface area contributed by atoms with Gasteiger partial charge < -0.3 is 9.47 Å². The van der Waals surface area contributed by atoms with Gasteiger partial charge in [-0.1, -0.05) is 0 Å². The molecule has 0 radical (unpaired) electrons. The van der Waals surface area contributed by atoms with Crippen molar-refractivity contribution in [3.63, 3.8) is 0 Å². The quantitative estimate of drug-likeness (QED) is 0.838. The van der Waals surface area contributed by atoms with Gasteiger partial charge in [-0.2, -0.15) is 0 Å². The predicted molar refractivity (Wildman–Crippen MR) is 84.3 cm³/mol. The van der Waals surface area contributed by atoms with Crippen LogP contribution in [-0.2, 0) is 9.47 Å². The van der Waals surface area contributed by atoms with Crippen molar-refractivity contribution in [1.29, 1.82) is 0 Å². The number of nitrogens with zero attached hydrogens (tertiary/aromatic N) is 2. The van der Waals surface area contributed by atoms with Gasteiger partial charge >= 0.3 is 0 Å². The molecular weight excluding hydrogens is 264 g/mol. The Kier molecular flexibility index (Phi) is 3.08. The molecule has 4 heteroatoms. The molecule has 0 fully saturated rings. The highest BCUT2D eigenvalue weighted by Crippen LogP contribution is 2.25. The summed E-state index contributed by atoms with van der Waals surface area (Å²) in [6, 6.07) is 6.22. The summed E-state index contributed by atoms with van der Waals surface area (Å²) in [5.41, 5.74) is 2.83. The van der Waals surface area contributed by atoms with Gasteiger partial charge in [-0.3, -0.25) is 0 Å². The Morgan fingerprint density at radius 2 is 1.24 bits per heavy atom. The number of benzene rings is 1. The molecule has 0 spiro atoms. The summed E-state index contributed by atoms with van der Waals surface area (Å²) in [6.45, 7) is 11.6. The molecule has 1 aromatic rings. The molecule has 0 amide bonds. The second-order valence-electron chi connectivity index (χ2n) is 7.12. The number of aliphatic imine (C=N–C) groups is 2. The highest BCUT2D eigenvalue weighted by Gasteiger charge is 2.29. The van der Waals surface area contributed by atoms with Crippen LogP contribution in [-0.4, -0.2) is 36.1 Å². The van der Waals surface area contributed by atoms with Crippen LogP contribution in [0.1, 0.15) is 44.4 Å². The van der Waals surface area contributed by atoms with Crippen LogP contribution in [0.2, 0.25) is 0 Å². The lowest BCUT2D eigenvalue weighted by molar-refractivity contribution is 0.279. The SMILES string of the molecule is Cc1cc(C2=NC(C)(C)CO2)cc(C2=NC(C)(C)CO2)c1. The van der Waals surface area contributed by atoms with E-state index in [4.69, 9.17) is 9.47 Å². The molecule has 0 saturated heterocycles. The predicted octanol–water partition coefficient (Wildman–Crippen LogP) is 3.11. The normalized spacial score (nSPS) is 22.3. The van der Waals surface area contributed by atoms with Gasteiger partial charge in [-0.05, 0) is 58.4 Å². The molecule has 0 saturated carbocycles. The van der Waals surface area contributed by atoms with E-state index in [1.165, 1.54) is 0 Å². The fourth-order valence-corrected chi connectivity index (χ4v) is 2.49. The highest BCUT2D eigenvalue weighted by molar-refractivity contribution is 6.01. The van der Waals surface area contributed by atoms with Crippen molar-refractivity contribution in [2.75, 3.05) is 13.2 Å². The average Bonchev–Trinajstić information content (AvgIpc) is 2.91. The summed E-state index contributed by atoms with van der Waals surface area (Å²) in [6.07, 6.45) is 0. The van der Waals surface area contributed by atoms with Crippen molar-refractivity contribution in [3.05, 3.63) is 34.9 Å². The van der Waals surface area contributed by atoms with Crippen LogP contribution in [0.5, 0.6) is 0 Å². The molecule has 21 heavy (non-hydrogen) atoms. The molecule has 0 aliphatic carbocycles. The van der Waals surface area contributed by atoms with Crippen LogP contribution < -0.4 is 0 Å². The number of aryl methyl sites for hydroxylation is 1. The maximum atomic E-state index is 5.74. The molecule has 0 N–H and O–H groups in total. The molecule has 0 aromatic heterocycles. The van der Waals surface area contributed by atoms with E-state index < -0.39 is 0 Å². The number of ether oxygens (including phenoxy) is 2. The van der Waals surface area contributed by atoms with Gasteiger partial charge in [0.2, 0.25) is 11.8 Å². The Morgan fingerprint density at radius 1 is 0.810 bits per heavy atom. The van der Waals surface area contributed by atoms with Crippen LogP contribution in [0.4, 0.5) is 0 Å². The summed E-state index contributed by atoms with van der Waals surface area (Å²) in [5.74, 6) is 1.42. The number of hydrogen-bond donors (Lipinski definition) is 0. The van der Waals surface area contributed by atoms with Crippen molar-refractivity contribution >= 4 is 11.8 Å². The smallest absolute Gasteiger partial charge is 0.216 e. The van der Waals surface area contributed by atoms with Gasteiger partial charge in [0, 0.05) is 11.1 Å². The molecule has 4 nitrogen and oxygen atoms in total. The number of hydrogen-bond acceptors (Lipinski definition) is 4. The minimum Gasteiger partial charge on any atom is -0.475 e. The lowest BCUT2D eigenvalue weighted by atomic mass is 10.1. The third kappa shape index (κ3) is 2.94. The van der Waals surface area contributed by atoms with Crippen molar-refractivity contribution < 1.29 is 9.47 Å². The molecule has 0 atom stereocenters. The van der Waals surface area contributed by atoms with Crippen LogP contribution >= 0.6 is 0 Å². The maximum absolute atomic E-state index is 5.74. The summed E-state index contributed by atoms with van der Waals surface area (Å²) >= 11 is 0. The van der Waals surface area contributed by atoms with Crippen molar-refractivity contribution in [1.82, 2.24) is 0 Å². The van der Waals surface area contributed by atoms with Gasteiger partial charge in [-0.15, -0.1) is 0 Å². The fourth-order valence-electron chi connectivity index (χ4n) is 2.49. The minimum atomic E-state index is -0.150. The van der Waals surface area contributed by atoms with Crippen molar-refractivity contribution in [2.24, 2.45) is 9.98 Å². The number of rotatable bonds is 2. The van der Waals surface area contributed by atoms with Gasteiger partial charge in [0.15, 0.2) is 0 Å². The van der Waals surface area contributed by atoms with Gasteiger partial charge in [0.1, 0.15) is 13.2 Å². The third-order valence-electron chi connectivity index (χ3n) is 3.50. The third-order valence-corrected chi connectivity index (χ3v) is 3.50. The van der Waals surface area contributed by atoms with Gasteiger partial charge in [0.05, 0.1) is 11.1 Å². The first kappa shape index (κ1) is 14.1. The molecule has 112 valence electrons. The first-order valence-corrected chi connectivity index (χ1v) is 7.32. The van der Waals surface area contributed by atoms with Crippen LogP contribution in [0.15, 0.2) is 28.2 Å². The van der Waals surface area contributed by atoms with Crippen molar-refractivity contribution in [2.45, 2.75) is 45.7 Å². The summed E-state index contributed by atoms with van der Waals surface area (Å²) < 4.78 is 11.5. The Labute approximate surface area is 125 Å². The first-order chi connectivity index (χ1) is 9.74. The Bertz CT molecular complexity index is 590. The summed E-state index contributed by atoms with van der Waals surface area (Å²) in [7, 11) is 0. The molecular formula is C17H22N2O2. The zero-order valence-corrected chi connectivity index (χ0v) is 13.4. The lowest BCUT2D eigenvalue weighted by Gasteiger charge is -2.08. The first-order valence-electron chi connectivity index (χ1n) is 7.32. The minimum absolute atomic E-state index is 0.150. The topological polar surface area (TPSA) is 43.2 Å². The molecule has 2 heterocycles. The maximum Gasteiger partial charge on any atom is 0.216 e. The molecule has 0 bridgehead atoms. The van der Waals surface area contributed by atoms with E-state index in [-0.39, 0.29) is 11.1 Å². The van der Waals surface area contributed by atoms with Crippen LogP contribution in [0.25, 0.3) is 0 Å². The monoisotopic (exact) mass is 286 g/mol. The standard InChI is InChI=1S/C17H22N2O2/c1-11-6-12(14-18-16(2,3)9-20-14)8-13(7-11)15-19-17(4,5)10-21-15/h6-8H,9-10H2,1-5H3. The van der Waals surface area contributed by atoms with E-state index in [1.54, 1.807) is 0 Å². The summed E-state index contributed by atoms with van der Waals surface area (Å²) in [5, 5.41) is 0. The van der Waals surface area contributed by atoms with Crippen LogP contribution in [0, 0.1) is 6.92 Å². The van der Waals surface area contributed by atoms with E-state index in [9.17, 15) is 0 Å². The average molecular weight is 286 g/mol. The second kappa shape index (κ2) is 4.58. The van der Waals surface area contributed by atoms with Gasteiger partial charge in [-0.25, -0.2) is 9.98 Å². The fraction of sp³-hybridized carbons (Fsp3) is 0.529. The zero-order valence-electron chi connectivity index (χ0n) is 13.4. The van der Waals surface area contributed by atoms with Crippen molar-refractivity contribution in [3.8, 4) is 0 Å². The van der Waals surface area contributed by atoms with E-state index in [2.05, 4.69) is 56.7 Å². The Balaban J connectivity index is 1.99. The lowest BCUT2D eigenvalue weighted by Crippen LogP contribution is -2.17. The van der Waals surface area contributed by atoms with E-state index in [0.29, 0.717) is 25.0 Å². The van der Waals surface area contributed by atoms with Crippen LogP contribution in [0.3, 0.4) is 0 Å². The largest absolute Gasteiger partial charge is 0.475 e. The molecule has 3 rings (SSSR count). The highest BCUT2D eigenvalue weighted by atomic mass is 16.5. The molecule has 1 aromatic carbocycles. The molecule has 2 aliphatic rings. The Morgan fingerprint density at radius 3 is 1.57 bits per heavy atom. The van der Waals surface area contributed by atoms with E-state index in [0.717, 1.165) is 16.7 Å². The second-order valence-corrected chi connectivity index (χ2v) is 7.12. The molecule has 2 aliphatic heterocycles. The van der Waals surface area contributed by atoms with E-state index >= 15 is 0 Å². The zero-order chi connectivity index (χ0) is 15.3. The molecule has 0 unspecified atom stereocenters. The Hall–Kier alpha value is -1.84. The summed E-state index contributed by atoms with van der Waals surface area (Å²) in [4.78, 5) is 9.28. The van der Waals surface area contributed by atoms with Gasteiger partial charge in [0.25, 0.3) is 0 Å².